The third-order valence-electron chi connectivity index (χ3n) is 4.54. The molecule has 1 aliphatic heterocycles. The normalized spacial score (nSPS) is 14.8. The van der Waals surface area contributed by atoms with E-state index < -0.39 is 0 Å². The van der Waals surface area contributed by atoms with Crippen LogP contribution in [0.1, 0.15) is 32.1 Å². The van der Waals surface area contributed by atoms with Gasteiger partial charge in [-0.2, -0.15) is 0 Å². The molecule has 0 bridgehead atoms. The van der Waals surface area contributed by atoms with E-state index >= 15 is 0 Å². The van der Waals surface area contributed by atoms with Crippen molar-refractivity contribution in [1.29, 1.82) is 0 Å². The molecule has 0 saturated carbocycles. The van der Waals surface area contributed by atoms with Gasteiger partial charge in [0.1, 0.15) is 0 Å². The zero-order valence-corrected chi connectivity index (χ0v) is 14.7. The summed E-state index contributed by atoms with van der Waals surface area (Å²) in [7, 11) is 0. The van der Waals surface area contributed by atoms with E-state index in [2.05, 4.69) is 26.6 Å². The van der Waals surface area contributed by atoms with Crippen LogP contribution >= 0.6 is 0 Å². The lowest BCUT2D eigenvalue weighted by Gasteiger charge is -2.25. The van der Waals surface area contributed by atoms with Crippen LogP contribution < -0.4 is 15.5 Å². The van der Waals surface area contributed by atoms with Crippen molar-refractivity contribution in [1.82, 2.24) is 14.9 Å². The fourth-order valence-corrected chi connectivity index (χ4v) is 3.22. The number of para-hydroxylation sites is 2. The van der Waals surface area contributed by atoms with Gasteiger partial charge in [0.05, 0.1) is 17.7 Å². The lowest BCUT2D eigenvalue weighted by Crippen LogP contribution is -2.31. The number of hydrogen-bond acceptors (Lipinski definition) is 3. The van der Waals surface area contributed by atoms with Crippen molar-refractivity contribution in [2.75, 3.05) is 29.9 Å². The molecular weight excluding hydrogens is 314 g/mol. The molecule has 134 valence electrons. The van der Waals surface area contributed by atoms with Gasteiger partial charge in [-0.15, -0.1) is 0 Å². The molecule has 0 unspecified atom stereocenters. The lowest BCUT2D eigenvalue weighted by molar-refractivity contribution is 0.252. The number of anilines is 2. The molecular formula is C19H27N5O. The Hall–Kier alpha value is -2.50. The quantitative estimate of drug-likeness (QED) is 0.791. The summed E-state index contributed by atoms with van der Waals surface area (Å²) in [6, 6.07) is 7.93. The van der Waals surface area contributed by atoms with Gasteiger partial charge in [0.2, 0.25) is 0 Å². The van der Waals surface area contributed by atoms with E-state index in [-0.39, 0.29) is 6.03 Å². The van der Waals surface area contributed by atoms with Gasteiger partial charge in [0.25, 0.3) is 0 Å². The fourth-order valence-electron chi connectivity index (χ4n) is 3.22. The Balaban J connectivity index is 1.50. The first kappa shape index (κ1) is 17.3. The summed E-state index contributed by atoms with van der Waals surface area (Å²) in [6.07, 6.45) is 11.4. The van der Waals surface area contributed by atoms with Crippen molar-refractivity contribution in [2.45, 2.75) is 38.6 Å². The van der Waals surface area contributed by atoms with Crippen molar-refractivity contribution >= 4 is 17.4 Å². The number of amides is 2. The second-order valence-corrected chi connectivity index (χ2v) is 6.45. The summed E-state index contributed by atoms with van der Waals surface area (Å²) in [6.45, 7) is 3.61. The summed E-state index contributed by atoms with van der Waals surface area (Å²) < 4.78 is 2.01. The molecule has 0 atom stereocenters. The van der Waals surface area contributed by atoms with Gasteiger partial charge in [-0.25, -0.2) is 9.78 Å². The van der Waals surface area contributed by atoms with E-state index in [9.17, 15) is 4.79 Å². The molecule has 1 aliphatic rings. The van der Waals surface area contributed by atoms with Crippen LogP contribution in [0.3, 0.4) is 0 Å². The second-order valence-electron chi connectivity index (χ2n) is 6.45. The molecule has 2 aromatic rings. The number of benzene rings is 1. The SMILES string of the molecule is O=C(NCCCn1ccnc1)Nc1ccccc1N1CCCCCC1. The Morgan fingerprint density at radius 3 is 2.68 bits per heavy atom. The van der Waals surface area contributed by atoms with Gasteiger partial charge in [-0.3, -0.25) is 0 Å². The van der Waals surface area contributed by atoms with Crippen LogP contribution in [-0.2, 0) is 6.54 Å². The van der Waals surface area contributed by atoms with Crippen LogP contribution in [0.25, 0.3) is 0 Å². The molecule has 25 heavy (non-hydrogen) atoms. The minimum absolute atomic E-state index is 0.145. The summed E-state index contributed by atoms with van der Waals surface area (Å²) >= 11 is 0. The second kappa shape index (κ2) is 9.11. The topological polar surface area (TPSA) is 62.2 Å². The molecule has 3 rings (SSSR count). The Bertz CT molecular complexity index is 648. The Labute approximate surface area is 149 Å². The minimum Gasteiger partial charge on any atom is -0.370 e. The van der Waals surface area contributed by atoms with Crippen molar-refractivity contribution in [2.24, 2.45) is 0 Å². The predicted molar refractivity (Wildman–Crippen MR) is 101 cm³/mol. The van der Waals surface area contributed by atoms with E-state index in [1.54, 1.807) is 12.5 Å². The molecule has 1 aromatic carbocycles. The zero-order chi connectivity index (χ0) is 17.3. The third-order valence-corrected chi connectivity index (χ3v) is 4.54. The molecule has 1 aromatic heterocycles. The summed E-state index contributed by atoms with van der Waals surface area (Å²) in [5.74, 6) is 0. The number of rotatable bonds is 6. The monoisotopic (exact) mass is 341 g/mol. The van der Waals surface area contributed by atoms with Gasteiger partial charge in [0, 0.05) is 38.6 Å². The van der Waals surface area contributed by atoms with Crippen LogP contribution in [0.4, 0.5) is 16.2 Å². The maximum absolute atomic E-state index is 12.2. The van der Waals surface area contributed by atoms with Crippen molar-refractivity contribution in [3.63, 3.8) is 0 Å². The molecule has 0 spiro atoms. The number of nitrogens with one attached hydrogen (secondary N) is 2. The number of carbonyl (C=O) groups excluding carboxylic acids is 1. The maximum atomic E-state index is 12.2. The van der Waals surface area contributed by atoms with Gasteiger partial charge in [-0.1, -0.05) is 25.0 Å². The van der Waals surface area contributed by atoms with Gasteiger partial charge < -0.3 is 20.1 Å². The Morgan fingerprint density at radius 1 is 1.12 bits per heavy atom. The van der Waals surface area contributed by atoms with Crippen molar-refractivity contribution in [3.8, 4) is 0 Å². The Kier molecular flexibility index (Phi) is 6.31. The molecule has 6 nitrogen and oxygen atoms in total. The number of carbonyl (C=O) groups is 1. The highest BCUT2D eigenvalue weighted by molar-refractivity contribution is 5.93. The first-order chi connectivity index (χ1) is 12.3. The van der Waals surface area contributed by atoms with Crippen LogP contribution in [0, 0.1) is 0 Å². The zero-order valence-electron chi connectivity index (χ0n) is 14.7. The van der Waals surface area contributed by atoms with E-state index in [1.165, 1.54) is 25.7 Å². The lowest BCUT2D eigenvalue weighted by atomic mass is 10.2. The molecule has 1 saturated heterocycles. The molecule has 2 N–H and O–H groups in total. The van der Waals surface area contributed by atoms with E-state index in [0.717, 1.165) is 37.4 Å². The fraction of sp³-hybridized carbons (Fsp3) is 0.474. The maximum Gasteiger partial charge on any atom is 0.319 e. The molecule has 0 radical (unpaired) electrons. The largest absolute Gasteiger partial charge is 0.370 e. The minimum atomic E-state index is -0.145. The standard InChI is InChI=1S/C19H27N5O/c25-19(21-10-7-12-23-15-11-20-16-23)22-17-8-3-4-9-18(17)24-13-5-1-2-6-14-24/h3-4,8-9,11,15-16H,1-2,5-7,10,12-14H2,(H2,21,22,25). The summed E-state index contributed by atoms with van der Waals surface area (Å²) in [4.78, 5) is 18.6. The average molecular weight is 341 g/mol. The number of urea groups is 1. The molecule has 6 heteroatoms. The smallest absolute Gasteiger partial charge is 0.319 e. The highest BCUT2D eigenvalue weighted by Crippen LogP contribution is 2.27. The summed E-state index contributed by atoms with van der Waals surface area (Å²) in [5.41, 5.74) is 2.01. The third kappa shape index (κ3) is 5.24. The van der Waals surface area contributed by atoms with Gasteiger partial charge in [0.15, 0.2) is 0 Å². The van der Waals surface area contributed by atoms with E-state index in [4.69, 9.17) is 0 Å². The number of imidazole rings is 1. The van der Waals surface area contributed by atoms with Crippen LogP contribution in [0.5, 0.6) is 0 Å². The molecule has 0 aliphatic carbocycles. The molecule has 2 amide bonds. The number of aryl methyl sites for hydroxylation is 1. The molecule has 2 heterocycles. The Morgan fingerprint density at radius 2 is 1.92 bits per heavy atom. The summed E-state index contributed by atoms with van der Waals surface area (Å²) in [5, 5.41) is 5.94. The number of aromatic nitrogens is 2. The highest BCUT2D eigenvalue weighted by Gasteiger charge is 2.14. The number of hydrogen-bond donors (Lipinski definition) is 2. The number of nitrogens with zero attached hydrogens (tertiary/aromatic N) is 3. The van der Waals surface area contributed by atoms with Crippen molar-refractivity contribution in [3.05, 3.63) is 43.0 Å². The highest BCUT2D eigenvalue weighted by atomic mass is 16.2. The van der Waals surface area contributed by atoms with E-state index in [0.29, 0.717) is 6.54 Å². The average Bonchev–Trinajstić information content (AvgIpc) is 3.00. The molecule has 1 fully saturated rings. The van der Waals surface area contributed by atoms with Gasteiger partial charge in [-0.05, 0) is 31.4 Å². The first-order valence-corrected chi connectivity index (χ1v) is 9.17. The van der Waals surface area contributed by atoms with Crippen LogP contribution in [0.2, 0.25) is 0 Å². The van der Waals surface area contributed by atoms with Crippen LogP contribution in [-0.4, -0.2) is 35.2 Å². The van der Waals surface area contributed by atoms with E-state index in [1.807, 2.05) is 29.0 Å². The first-order valence-electron chi connectivity index (χ1n) is 9.17. The predicted octanol–water partition coefficient (Wildman–Crippen LogP) is 3.48. The van der Waals surface area contributed by atoms with Gasteiger partial charge >= 0.3 is 6.03 Å². The van der Waals surface area contributed by atoms with Crippen LogP contribution in [0.15, 0.2) is 43.0 Å². The van der Waals surface area contributed by atoms with Crippen molar-refractivity contribution < 1.29 is 4.79 Å².